The molecule has 0 aromatic heterocycles. The number of halogens is 1. The van der Waals surface area contributed by atoms with E-state index >= 15 is 0 Å². The van der Waals surface area contributed by atoms with Crippen LogP contribution in [0.3, 0.4) is 0 Å². The van der Waals surface area contributed by atoms with E-state index in [2.05, 4.69) is 48.8 Å². The lowest BCUT2D eigenvalue weighted by Crippen LogP contribution is -1.98. The molecule has 0 saturated carbocycles. The summed E-state index contributed by atoms with van der Waals surface area (Å²) in [4.78, 5) is 0. The van der Waals surface area contributed by atoms with Crippen molar-refractivity contribution in [3.63, 3.8) is 0 Å². The van der Waals surface area contributed by atoms with Gasteiger partial charge in [-0.3, -0.25) is 0 Å². The summed E-state index contributed by atoms with van der Waals surface area (Å²) in [7, 11) is 0. The number of unbranched alkanes of at least 4 members (excludes halogenated alkanes) is 5. The largest absolute Gasteiger partial charge is 0.494 e. The number of ether oxygens (including phenoxy) is 1. The average Bonchev–Trinajstić information content (AvgIpc) is 2.34. The number of hydrogen-bond donors (Lipinski definition) is 0. The molecule has 0 atom stereocenters. The number of aryl methyl sites for hydroxylation is 2. The van der Waals surface area contributed by atoms with Crippen molar-refractivity contribution in [3.8, 4) is 5.75 Å². The van der Waals surface area contributed by atoms with Gasteiger partial charge in [0.05, 0.1) is 6.61 Å². The van der Waals surface area contributed by atoms with Gasteiger partial charge >= 0.3 is 0 Å². The quantitative estimate of drug-likeness (QED) is 0.551. The Bertz CT molecular complexity index is 337. The highest BCUT2D eigenvalue weighted by molar-refractivity contribution is 9.10. The van der Waals surface area contributed by atoms with Gasteiger partial charge in [0, 0.05) is 4.47 Å². The molecule has 18 heavy (non-hydrogen) atoms. The van der Waals surface area contributed by atoms with E-state index in [9.17, 15) is 0 Å². The number of rotatable bonds is 8. The SMILES string of the molecule is CCCCCCCCOc1cc(C)c(Br)c(C)c1. The minimum absolute atomic E-state index is 0.840. The van der Waals surface area contributed by atoms with Crippen molar-refractivity contribution in [2.45, 2.75) is 59.3 Å². The van der Waals surface area contributed by atoms with Crippen molar-refractivity contribution in [1.29, 1.82) is 0 Å². The van der Waals surface area contributed by atoms with Crippen molar-refractivity contribution in [2.24, 2.45) is 0 Å². The van der Waals surface area contributed by atoms with Gasteiger partial charge in [0.2, 0.25) is 0 Å². The average molecular weight is 313 g/mol. The Labute approximate surface area is 120 Å². The molecule has 0 fully saturated rings. The fraction of sp³-hybridized carbons (Fsp3) is 0.625. The Morgan fingerprint density at radius 3 is 2.11 bits per heavy atom. The molecule has 0 unspecified atom stereocenters. The lowest BCUT2D eigenvalue weighted by Gasteiger charge is -2.10. The summed E-state index contributed by atoms with van der Waals surface area (Å²) in [5.41, 5.74) is 2.49. The molecule has 0 radical (unpaired) electrons. The van der Waals surface area contributed by atoms with Crippen LogP contribution in [0.25, 0.3) is 0 Å². The van der Waals surface area contributed by atoms with Gasteiger partial charge in [-0.05, 0) is 43.5 Å². The van der Waals surface area contributed by atoms with Crippen LogP contribution in [0.1, 0.15) is 56.6 Å². The highest BCUT2D eigenvalue weighted by Crippen LogP contribution is 2.26. The van der Waals surface area contributed by atoms with E-state index in [4.69, 9.17) is 4.74 Å². The van der Waals surface area contributed by atoms with Crippen molar-refractivity contribution in [1.82, 2.24) is 0 Å². The monoisotopic (exact) mass is 312 g/mol. The van der Waals surface area contributed by atoms with Crippen LogP contribution in [-0.2, 0) is 0 Å². The molecule has 0 heterocycles. The fourth-order valence-corrected chi connectivity index (χ4v) is 2.29. The Balaban J connectivity index is 2.23. The summed E-state index contributed by atoms with van der Waals surface area (Å²) in [6.45, 7) is 7.30. The zero-order chi connectivity index (χ0) is 13.4. The normalized spacial score (nSPS) is 10.7. The molecule has 1 nitrogen and oxygen atoms in total. The molecule has 102 valence electrons. The smallest absolute Gasteiger partial charge is 0.119 e. The highest BCUT2D eigenvalue weighted by Gasteiger charge is 2.02. The third-order valence-electron chi connectivity index (χ3n) is 3.18. The third-order valence-corrected chi connectivity index (χ3v) is 4.43. The highest BCUT2D eigenvalue weighted by atomic mass is 79.9. The number of hydrogen-bond acceptors (Lipinski definition) is 1. The van der Waals surface area contributed by atoms with Crippen molar-refractivity contribution < 1.29 is 4.74 Å². The maximum Gasteiger partial charge on any atom is 0.119 e. The third kappa shape index (κ3) is 5.43. The molecular formula is C16H25BrO. The summed E-state index contributed by atoms with van der Waals surface area (Å²) in [5, 5.41) is 0. The van der Waals surface area contributed by atoms with Crippen molar-refractivity contribution in [3.05, 3.63) is 27.7 Å². The van der Waals surface area contributed by atoms with Gasteiger partial charge in [-0.15, -0.1) is 0 Å². The van der Waals surface area contributed by atoms with Gasteiger partial charge in [0.25, 0.3) is 0 Å². The second kappa shape index (κ2) is 8.58. The van der Waals surface area contributed by atoms with Gasteiger partial charge in [-0.2, -0.15) is 0 Å². The Morgan fingerprint density at radius 1 is 0.944 bits per heavy atom. The Kier molecular flexibility index (Phi) is 7.41. The second-order valence-corrected chi connectivity index (χ2v) is 5.78. The van der Waals surface area contributed by atoms with Crippen LogP contribution in [-0.4, -0.2) is 6.61 Å². The molecule has 1 aromatic rings. The first-order valence-electron chi connectivity index (χ1n) is 7.04. The summed E-state index contributed by atoms with van der Waals surface area (Å²) in [5.74, 6) is 1.00. The maximum atomic E-state index is 5.81. The van der Waals surface area contributed by atoms with Crippen LogP contribution in [0.15, 0.2) is 16.6 Å². The summed E-state index contributed by atoms with van der Waals surface area (Å²) in [6, 6.07) is 4.21. The molecule has 0 aliphatic rings. The van der Waals surface area contributed by atoms with Crippen LogP contribution < -0.4 is 4.74 Å². The predicted molar refractivity (Wildman–Crippen MR) is 82.5 cm³/mol. The minimum Gasteiger partial charge on any atom is -0.494 e. The molecule has 0 saturated heterocycles. The summed E-state index contributed by atoms with van der Waals surface area (Å²) >= 11 is 3.57. The molecule has 0 spiro atoms. The maximum absolute atomic E-state index is 5.81. The first-order valence-corrected chi connectivity index (χ1v) is 7.84. The molecule has 2 heteroatoms. The van der Waals surface area contributed by atoms with Gasteiger partial charge in [-0.1, -0.05) is 55.0 Å². The van der Waals surface area contributed by atoms with Gasteiger partial charge in [0.1, 0.15) is 5.75 Å². The number of benzene rings is 1. The fourth-order valence-electron chi connectivity index (χ4n) is 2.06. The zero-order valence-corrected chi connectivity index (χ0v) is 13.5. The molecule has 0 amide bonds. The molecule has 1 rings (SSSR count). The summed E-state index contributed by atoms with van der Waals surface area (Å²) in [6.07, 6.45) is 7.84. The topological polar surface area (TPSA) is 9.23 Å². The first kappa shape index (κ1) is 15.6. The van der Waals surface area contributed by atoms with Crippen LogP contribution in [0.5, 0.6) is 5.75 Å². The summed E-state index contributed by atoms with van der Waals surface area (Å²) < 4.78 is 7.00. The lowest BCUT2D eigenvalue weighted by molar-refractivity contribution is 0.304. The second-order valence-electron chi connectivity index (χ2n) is 4.99. The van der Waals surface area contributed by atoms with Crippen molar-refractivity contribution >= 4 is 15.9 Å². The Hall–Kier alpha value is -0.500. The standard InChI is InChI=1S/C16H25BrO/c1-4-5-6-7-8-9-10-18-15-11-13(2)16(17)14(3)12-15/h11-12H,4-10H2,1-3H3. The van der Waals surface area contributed by atoms with Gasteiger partial charge in [-0.25, -0.2) is 0 Å². The van der Waals surface area contributed by atoms with Gasteiger partial charge < -0.3 is 4.74 Å². The van der Waals surface area contributed by atoms with E-state index in [1.807, 2.05) is 0 Å². The molecule has 0 N–H and O–H groups in total. The van der Waals surface area contributed by atoms with Crippen LogP contribution in [0.2, 0.25) is 0 Å². The van der Waals surface area contributed by atoms with Gasteiger partial charge in [0.15, 0.2) is 0 Å². The molecular weight excluding hydrogens is 288 g/mol. The Morgan fingerprint density at radius 2 is 1.50 bits per heavy atom. The minimum atomic E-state index is 0.840. The molecule has 0 bridgehead atoms. The van der Waals surface area contributed by atoms with Crippen molar-refractivity contribution in [2.75, 3.05) is 6.61 Å². The van der Waals surface area contributed by atoms with E-state index in [0.717, 1.165) is 18.8 Å². The van der Waals surface area contributed by atoms with E-state index < -0.39 is 0 Å². The van der Waals surface area contributed by atoms with Crippen LogP contribution in [0, 0.1) is 13.8 Å². The van der Waals surface area contributed by atoms with E-state index in [1.165, 1.54) is 47.7 Å². The zero-order valence-electron chi connectivity index (χ0n) is 11.9. The molecule has 0 aliphatic carbocycles. The van der Waals surface area contributed by atoms with Crippen LogP contribution in [0.4, 0.5) is 0 Å². The molecule has 1 aromatic carbocycles. The molecule has 0 aliphatic heterocycles. The van der Waals surface area contributed by atoms with E-state index in [1.54, 1.807) is 0 Å². The first-order chi connectivity index (χ1) is 8.65. The van der Waals surface area contributed by atoms with E-state index in [0.29, 0.717) is 0 Å². The lowest BCUT2D eigenvalue weighted by atomic mass is 10.1. The van der Waals surface area contributed by atoms with Crippen LogP contribution >= 0.6 is 15.9 Å². The van der Waals surface area contributed by atoms with E-state index in [-0.39, 0.29) is 0 Å². The predicted octanol–water partition coefficient (Wildman–Crippen LogP) is 5.81.